The second-order valence-electron chi connectivity index (χ2n) is 11.9. The van der Waals surface area contributed by atoms with Crippen LogP contribution in [0.25, 0.3) is 28.2 Å². The molecule has 0 atom stereocenters. The van der Waals surface area contributed by atoms with Crippen molar-refractivity contribution in [2.24, 2.45) is 0 Å². The number of piperazine rings is 1. The van der Waals surface area contributed by atoms with Crippen LogP contribution in [0.2, 0.25) is 0 Å². The van der Waals surface area contributed by atoms with Gasteiger partial charge in [-0.3, -0.25) is 9.59 Å². The zero-order valence-corrected chi connectivity index (χ0v) is 29.2. The SMILES string of the molecule is COc1ccc(Nc2ncccc2C(=O)N2CCN(C(=O)c3cc(-c4ccc(OC)c(OC)c4)n4nc(-c5ccccc5)cc4n3)CC2)cc1OC. The summed E-state index contributed by atoms with van der Waals surface area (Å²) in [6.07, 6.45) is 1.62. The molecular weight excluding hydrogens is 662 g/mol. The Morgan fingerprint density at radius 3 is 2.00 bits per heavy atom. The standard InChI is InChI=1S/C39H37N7O6/c1-49-32-14-12-26(21-34(32)51-3)31-23-30(42-36-24-29(43-46(31)36)25-9-6-5-7-10-25)39(48)45-19-17-44(18-20-45)38(47)28-11-8-16-40-37(28)41-27-13-15-33(50-2)35(22-27)52-4/h5-16,21-24H,17-20H2,1-4H3,(H,40,41). The molecule has 1 N–H and O–H groups in total. The summed E-state index contributed by atoms with van der Waals surface area (Å²) in [6, 6.07) is 27.8. The zero-order valence-electron chi connectivity index (χ0n) is 29.2. The van der Waals surface area contributed by atoms with Crippen molar-refractivity contribution >= 4 is 29.0 Å². The first-order valence-electron chi connectivity index (χ1n) is 16.6. The monoisotopic (exact) mass is 699 g/mol. The molecule has 0 aliphatic carbocycles. The molecule has 0 bridgehead atoms. The number of fused-ring (bicyclic) bond motifs is 1. The van der Waals surface area contributed by atoms with Crippen molar-refractivity contribution in [1.29, 1.82) is 0 Å². The number of methoxy groups -OCH3 is 4. The van der Waals surface area contributed by atoms with E-state index < -0.39 is 0 Å². The Morgan fingerprint density at radius 1 is 0.654 bits per heavy atom. The molecule has 0 saturated carbocycles. The number of hydrogen-bond donors (Lipinski definition) is 1. The second-order valence-corrected chi connectivity index (χ2v) is 11.9. The molecule has 4 heterocycles. The Labute approximate surface area is 300 Å². The molecule has 13 nitrogen and oxygen atoms in total. The Kier molecular flexibility index (Phi) is 9.56. The van der Waals surface area contributed by atoms with E-state index in [-0.39, 0.29) is 17.5 Å². The Bertz CT molecular complexity index is 2250. The Hall–Kier alpha value is -6.63. The minimum absolute atomic E-state index is 0.189. The largest absolute Gasteiger partial charge is 0.493 e. The number of amides is 2. The lowest BCUT2D eigenvalue weighted by molar-refractivity contribution is 0.0533. The topological polar surface area (TPSA) is 133 Å². The minimum Gasteiger partial charge on any atom is -0.493 e. The fourth-order valence-corrected chi connectivity index (χ4v) is 6.21. The van der Waals surface area contributed by atoms with Crippen LogP contribution in [0, 0.1) is 0 Å². The number of ether oxygens (including phenoxy) is 4. The lowest BCUT2D eigenvalue weighted by Gasteiger charge is -2.35. The van der Waals surface area contributed by atoms with E-state index in [4.69, 9.17) is 29.0 Å². The molecule has 1 aliphatic heterocycles. The van der Waals surface area contributed by atoms with Crippen LogP contribution in [-0.4, -0.2) is 95.8 Å². The van der Waals surface area contributed by atoms with E-state index in [1.54, 1.807) is 79.3 Å². The molecule has 2 amide bonds. The van der Waals surface area contributed by atoms with E-state index >= 15 is 0 Å². The molecule has 0 radical (unpaired) electrons. The quantitative estimate of drug-likeness (QED) is 0.186. The molecule has 1 saturated heterocycles. The van der Waals surface area contributed by atoms with Gasteiger partial charge in [-0.2, -0.15) is 5.10 Å². The van der Waals surface area contributed by atoms with Crippen molar-refractivity contribution in [3.8, 4) is 45.5 Å². The first kappa shape index (κ1) is 33.8. The number of benzene rings is 3. The van der Waals surface area contributed by atoms with Gasteiger partial charge in [-0.1, -0.05) is 30.3 Å². The molecule has 0 spiro atoms. The van der Waals surface area contributed by atoms with Crippen molar-refractivity contribution in [2.45, 2.75) is 0 Å². The van der Waals surface area contributed by atoms with E-state index in [2.05, 4.69) is 10.3 Å². The third-order valence-electron chi connectivity index (χ3n) is 8.93. The summed E-state index contributed by atoms with van der Waals surface area (Å²) in [5, 5.41) is 8.11. The summed E-state index contributed by atoms with van der Waals surface area (Å²) in [4.78, 5) is 40.6. The van der Waals surface area contributed by atoms with Gasteiger partial charge in [0.15, 0.2) is 28.6 Å². The molecule has 3 aromatic carbocycles. The highest BCUT2D eigenvalue weighted by Crippen LogP contribution is 2.34. The van der Waals surface area contributed by atoms with Crippen LogP contribution < -0.4 is 24.3 Å². The molecule has 1 fully saturated rings. The maximum atomic E-state index is 14.1. The summed E-state index contributed by atoms with van der Waals surface area (Å²) < 4.78 is 23.5. The third kappa shape index (κ3) is 6.63. The number of carbonyl (C=O) groups excluding carboxylic acids is 2. The summed E-state index contributed by atoms with van der Waals surface area (Å²) in [6.45, 7) is 1.34. The predicted molar refractivity (Wildman–Crippen MR) is 196 cm³/mol. The van der Waals surface area contributed by atoms with E-state index in [0.717, 1.165) is 16.8 Å². The summed E-state index contributed by atoms with van der Waals surface area (Å²) in [5.41, 5.74) is 4.98. The second kappa shape index (κ2) is 14.7. The fourth-order valence-electron chi connectivity index (χ4n) is 6.21. The number of rotatable bonds is 10. The van der Waals surface area contributed by atoms with Crippen LogP contribution in [-0.2, 0) is 0 Å². The number of aromatic nitrogens is 4. The van der Waals surface area contributed by atoms with E-state index in [9.17, 15) is 9.59 Å². The highest BCUT2D eigenvalue weighted by molar-refractivity contribution is 6.00. The van der Waals surface area contributed by atoms with Gasteiger partial charge in [0, 0.05) is 61.3 Å². The van der Waals surface area contributed by atoms with Crippen molar-refractivity contribution < 1.29 is 28.5 Å². The average Bonchev–Trinajstić information content (AvgIpc) is 3.65. The van der Waals surface area contributed by atoms with Crippen molar-refractivity contribution in [3.05, 3.63) is 108 Å². The van der Waals surface area contributed by atoms with Crippen molar-refractivity contribution in [3.63, 3.8) is 0 Å². The highest BCUT2D eigenvalue weighted by atomic mass is 16.5. The molecule has 13 heteroatoms. The average molecular weight is 700 g/mol. The van der Waals surface area contributed by atoms with Crippen LogP contribution in [0.1, 0.15) is 20.8 Å². The smallest absolute Gasteiger partial charge is 0.272 e. The minimum atomic E-state index is -0.240. The molecule has 6 aromatic rings. The summed E-state index contributed by atoms with van der Waals surface area (Å²) in [5.74, 6) is 2.25. The van der Waals surface area contributed by atoms with E-state index in [1.165, 1.54) is 0 Å². The van der Waals surface area contributed by atoms with Crippen molar-refractivity contribution in [1.82, 2.24) is 29.4 Å². The van der Waals surface area contributed by atoms with Crippen LogP contribution in [0.15, 0.2) is 97.2 Å². The fraction of sp³-hybridized carbons (Fsp3) is 0.205. The first-order valence-corrected chi connectivity index (χ1v) is 16.6. The van der Waals surface area contributed by atoms with Gasteiger partial charge in [0.25, 0.3) is 11.8 Å². The van der Waals surface area contributed by atoms with Crippen LogP contribution in [0.3, 0.4) is 0 Å². The Morgan fingerprint density at radius 2 is 1.31 bits per heavy atom. The number of nitrogens with one attached hydrogen (secondary N) is 1. The molecule has 1 aliphatic rings. The third-order valence-corrected chi connectivity index (χ3v) is 8.93. The Balaban J connectivity index is 1.13. The summed E-state index contributed by atoms with van der Waals surface area (Å²) in [7, 11) is 6.29. The lowest BCUT2D eigenvalue weighted by Crippen LogP contribution is -2.50. The number of carbonyl (C=O) groups is 2. The van der Waals surface area contributed by atoms with Crippen molar-refractivity contribution in [2.75, 3.05) is 59.9 Å². The van der Waals surface area contributed by atoms with Gasteiger partial charge < -0.3 is 34.1 Å². The van der Waals surface area contributed by atoms with Gasteiger partial charge >= 0.3 is 0 Å². The van der Waals surface area contributed by atoms with Gasteiger partial charge in [-0.15, -0.1) is 0 Å². The first-order chi connectivity index (χ1) is 25.4. The maximum Gasteiger partial charge on any atom is 0.272 e. The number of anilines is 2. The predicted octanol–water partition coefficient (Wildman–Crippen LogP) is 5.83. The number of pyridine rings is 1. The molecule has 3 aromatic heterocycles. The van der Waals surface area contributed by atoms with Crippen LogP contribution in [0.5, 0.6) is 23.0 Å². The molecule has 0 unspecified atom stereocenters. The molecule has 264 valence electrons. The normalized spacial score (nSPS) is 12.8. The number of hydrogen-bond acceptors (Lipinski definition) is 10. The van der Waals surface area contributed by atoms with E-state index in [0.29, 0.717) is 77.6 Å². The number of nitrogens with zero attached hydrogens (tertiary/aromatic N) is 6. The summed E-state index contributed by atoms with van der Waals surface area (Å²) >= 11 is 0. The highest BCUT2D eigenvalue weighted by Gasteiger charge is 2.29. The maximum absolute atomic E-state index is 14.1. The van der Waals surface area contributed by atoms with Gasteiger partial charge in [-0.05, 0) is 48.5 Å². The van der Waals surface area contributed by atoms with Crippen LogP contribution >= 0.6 is 0 Å². The molecule has 7 rings (SSSR count). The van der Waals surface area contributed by atoms with Crippen LogP contribution in [0.4, 0.5) is 11.5 Å². The molecular formula is C39H37N7O6. The van der Waals surface area contributed by atoms with Gasteiger partial charge in [-0.25, -0.2) is 14.5 Å². The van der Waals surface area contributed by atoms with Gasteiger partial charge in [0.05, 0.1) is 45.4 Å². The zero-order chi connectivity index (χ0) is 36.2. The lowest BCUT2D eigenvalue weighted by atomic mass is 10.1. The van der Waals surface area contributed by atoms with E-state index in [1.807, 2.05) is 60.7 Å². The van der Waals surface area contributed by atoms with Gasteiger partial charge in [0.2, 0.25) is 0 Å². The van der Waals surface area contributed by atoms with Gasteiger partial charge in [0.1, 0.15) is 11.5 Å². The molecule has 52 heavy (non-hydrogen) atoms.